The predicted octanol–water partition coefficient (Wildman–Crippen LogP) is 1.24. The molecular formula is C17H19N5O2. The molecule has 0 aliphatic heterocycles. The van der Waals surface area contributed by atoms with E-state index in [1.165, 1.54) is 0 Å². The first-order chi connectivity index (χ1) is 11.6. The number of carbonyl (C=O) groups excluding carboxylic acids is 1. The molecule has 2 aliphatic carbocycles. The molecule has 124 valence electrons. The van der Waals surface area contributed by atoms with Crippen molar-refractivity contribution in [3.05, 3.63) is 42.6 Å². The fourth-order valence-electron chi connectivity index (χ4n) is 3.68. The highest BCUT2D eigenvalue weighted by Crippen LogP contribution is 2.43. The van der Waals surface area contributed by atoms with Gasteiger partial charge in [0, 0.05) is 31.0 Å². The van der Waals surface area contributed by atoms with Gasteiger partial charge in [-0.3, -0.25) is 9.78 Å². The van der Waals surface area contributed by atoms with Gasteiger partial charge in [-0.1, -0.05) is 17.3 Å². The molecule has 0 saturated heterocycles. The summed E-state index contributed by atoms with van der Waals surface area (Å²) in [6, 6.07) is 3.53. The van der Waals surface area contributed by atoms with Crippen molar-refractivity contribution in [2.24, 2.45) is 23.5 Å². The molecule has 2 N–H and O–H groups in total. The molecule has 24 heavy (non-hydrogen) atoms. The van der Waals surface area contributed by atoms with Crippen molar-refractivity contribution >= 4 is 5.91 Å². The number of amides is 1. The molecule has 1 saturated carbocycles. The van der Waals surface area contributed by atoms with E-state index in [1.54, 1.807) is 24.3 Å². The van der Waals surface area contributed by atoms with Crippen LogP contribution in [-0.2, 0) is 11.3 Å². The molecule has 2 bridgehead atoms. The highest BCUT2D eigenvalue weighted by atomic mass is 16.5. The summed E-state index contributed by atoms with van der Waals surface area (Å²) in [5.41, 5.74) is 7.05. The maximum Gasteiger partial charge on any atom is 0.246 e. The smallest absolute Gasteiger partial charge is 0.246 e. The third-order valence-corrected chi connectivity index (χ3v) is 4.96. The Kier molecular flexibility index (Phi) is 3.65. The number of hydrogen-bond acceptors (Lipinski definition) is 6. The molecule has 0 aromatic carbocycles. The summed E-state index contributed by atoms with van der Waals surface area (Å²) in [5.74, 6) is 1.39. The molecule has 2 aliphatic rings. The van der Waals surface area contributed by atoms with E-state index < -0.39 is 0 Å². The molecule has 2 aromatic heterocycles. The Labute approximate surface area is 139 Å². The van der Waals surface area contributed by atoms with Crippen LogP contribution in [0, 0.1) is 17.8 Å². The summed E-state index contributed by atoms with van der Waals surface area (Å²) in [7, 11) is 1.75. The topological polar surface area (TPSA) is 98.1 Å². The van der Waals surface area contributed by atoms with Crippen LogP contribution in [0.3, 0.4) is 0 Å². The van der Waals surface area contributed by atoms with Crippen LogP contribution < -0.4 is 5.73 Å². The maximum absolute atomic E-state index is 12.7. The van der Waals surface area contributed by atoms with Gasteiger partial charge in [-0.15, -0.1) is 0 Å². The second-order valence-electron chi connectivity index (χ2n) is 6.49. The molecule has 0 unspecified atom stereocenters. The Bertz CT molecular complexity index is 772. The Morgan fingerprint density at radius 2 is 2.08 bits per heavy atom. The lowest BCUT2D eigenvalue weighted by Crippen LogP contribution is -2.44. The third kappa shape index (κ3) is 2.50. The van der Waals surface area contributed by atoms with Crippen molar-refractivity contribution < 1.29 is 9.32 Å². The Morgan fingerprint density at radius 1 is 1.33 bits per heavy atom. The van der Waals surface area contributed by atoms with Crippen LogP contribution in [0.4, 0.5) is 0 Å². The first kappa shape index (κ1) is 15.0. The summed E-state index contributed by atoms with van der Waals surface area (Å²) in [6.45, 7) is 0.279. The van der Waals surface area contributed by atoms with E-state index in [0.29, 0.717) is 17.6 Å². The number of hydrogen-bond donors (Lipinski definition) is 1. The van der Waals surface area contributed by atoms with Gasteiger partial charge in [-0.25, -0.2) is 0 Å². The van der Waals surface area contributed by atoms with Gasteiger partial charge in [0.15, 0.2) is 0 Å². The number of pyridine rings is 1. The average molecular weight is 325 g/mol. The molecule has 2 heterocycles. The SMILES string of the molecule is CN(Cc1nc(-c2ccncc2)no1)C(=O)[C@H]1[C@@H](N)[C@H]2C=C[C@@H]1C2. The van der Waals surface area contributed by atoms with Gasteiger partial charge < -0.3 is 15.2 Å². The van der Waals surface area contributed by atoms with Crippen LogP contribution in [0.25, 0.3) is 11.4 Å². The zero-order chi connectivity index (χ0) is 16.7. The van der Waals surface area contributed by atoms with Crippen molar-refractivity contribution in [1.29, 1.82) is 0 Å². The minimum absolute atomic E-state index is 0.0445. The normalized spacial score (nSPS) is 27.6. The van der Waals surface area contributed by atoms with Gasteiger partial charge in [0.1, 0.15) is 0 Å². The molecule has 1 amide bonds. The van der Waals surface area contributed by atoms with E-state index in [0.717, 1.165) is 12.0 Å². The fraction of sp³-hybridized carbons (Fsp3) is 0.412. The lowest BCUT2D eigenvalue weighted by atomic mass is 9.88. The van der Waals surface area contributed by atoms with Crippen LogP contribution in [0.1, 0.15) is 12.3 Å². The van der Waals surface area contributed by atoms with Gasteiger partial charge in [0.25, 0.3) is 0 Å². The van der Waals surface area contributed by atoms with E-state index in [4.69, 9.17) is 10.3 Å². The van der Waals surface area contributed by atoms with Crippen molar-refractivity contribution in [2.75, 3.05) is 7.05 Å². The molecule has 7 heteroatoms. The number of rotatable bonds is 4. The molecule has 4 atom stereocenters. The largest absolute Gasteiger partial charge is 0.337 e. The molecular weight excluding hydrogens is 306 g/mol. The van der Waals surface area contributed by atoms with E-state index in [1.807, 2.05) is 12.1 Å². The van der Waals surface area contributed by atoms with E-state index in [9.17, 15) is 4.79 Å². The quantitative estimate of drug-likeness (QED) is 0.849. The lowest BCUT2D eigenvalue weighted by Gasteiger charge is -2.27. The Hall–Kier alpha value is -2.54. The second kappa shape index (κ2) is 5.83. The number of aromatic nitrogens is 3. The molecule has 0 spiro atoms. The summed E-state index contributed by atoms with van der Waals surface area (Å²) in [5, 5.41) is 3.96. The van der Waals surface area contributed by atoms with E-state index >= 15 is 0 Å². The highest BCUT2D eigenvalue weighted by molar-refractivity contribution is 5.80. The molecule has 7 nitrogen and oxygen atoms in total. The highest BCUT2D eigenvalue weighted by Gasteiger charge is 2.47. The monoisotopic (exact) mass is 325 g/mol. The zero-order valence-electron chi connectivity index (χ0n) is 13.4. The van der Waals surface area contributed by atoms with Crippen molar-refractivity contribution in [1.82, 2.24) is 20.0 Å². The van der Waals surface area contributed by atoms with Gasteiger partial charge >= 0.3 is 0 Å². The lowest BCUT2D eigenvalue weighted by molar-refractivity contribution is -0.136. The van der Waals surface area contributed by atoms with E-state index in [-0.39, 0.29) is 30.3 Å². The number of allylic oxidation sites excluding steroid dienone is 1. The maximum atomic E-state index is 12.7. The molecule has 2 aromatic rings. The summed E-state index contributed by atoms with van der Waals surface area (Å²) < 4.78 is 5.27. The Morgan fingerprint density at radius 3 is 2.79 bits per heavy atom. The first-order valence-corrected chi connectivity index (χ1v) is 8.05. The number of nitrogens with two attached hydrogens (primary N) is 1. The molecule has 0 radical (unpaired) electrons. The van der Waals surface area contributed by atoms with E-state index in [2.05, 4.69) is 27.3 Å². The summed E-state index contributed by atoms with van der Waals surface area (Å²) in [6.07, 6.45) is 8.59. The van der Waals surface area contributed by atoms with Gasteiger partial charge in [0.05, 0.1) is 12.5 Å². The molecule has 4 rings (SSSR count). The van der Waals surface area contributed by atoms with Gasteiger partial charge in [-0.05, 0) is 30.4 Å². The minimum Gasteiger partial charge on any atom is -0.337 e. The van der Waals surface area contributed by atoms with Gasteiger partial charge in [0.2, 0.25) is 17.6 Å². The van der Waals surface area contributed by atoms with Crippen LogP contribution in [0.15, 0.2) is 41.2 Å². The third-order valence-electron chi connectivity index (χ3n) is 4.96. The summed E-state index contributed by atoms with van der Waals surface area (Å²) >= 11 is 0. The van der Waals surface area contributed by atoms with Crippen molar-refractivity contribution in [2.45, 2.75) is 19.0 Å². The van der Waals surface area contributed by atoms with Gasteiger partial charge in [-0.2, -0.15) is 4.98 Å². The standard InChI is InChI=1S/C17H19N5O2/c1-22(17(23)14-11-2-3-12(8-11)15(14)18)9-13-20-16(21-24-13)10-4-6-19-7-5-10/h2-7,11-12,14-15H,8-9,18H2,1H3/t11-,12+,14-,15+/m1/s1. The van der Waals surface area contributed by atoms with Crippen LogP contribution in [-0.4, -0.2) is 39.0 Å². The van der Waals surface area contributed by atoms with Crippen molar-refractivity contribution in [3.63, 3.8) is 0 Å². The Balaban J connectivity index is 1.45. The van der Waals surface area contributed by atoms with Crippen LogP contribution in [0.5, 0.6) is 0 Å². The average Bonchev–Trinajstić information content (AvgIpc) is 3.31. The number of fused-ring (bicyclic) bond motifs is 2. The molecule has 1 fully saturated rings. The second-order valence-corrected chi connectivity index (χ2v) is 6.49. The van der Waals surface area contributed by atoms with Crippen LogP contribution in [0.2, 0.25) is 0 Å². The number of carbonyl (C=O) groups is 1. The zero-order valence-corrected chi connectivity index (χ0v) is 13.4. The van der Waals surface area contributed by atoms with Crippen molar-refractivity contribution in [3.8, 4) is 11.4 Å². The van der Waals surface area contributed by atoms with Crippen LogP contribution >= 0.6 is 0 Å². The minimum atomic E-state index is -0.146. The predicted molar refractivity (Wildman–Crippen MR) is 86.2 cm³/mol. The fourth-order valence-corrected chi connectivity index (χ4v) is 3.68. The first-order valence-electron chi connectivity index (χ1n) is 8.05. The summed E-state index contributed by atoms with van der Waals surface area (Å²) in [4.78, 5) is 22.7. The number of nitrogens with zero attached hydrogens (tertiary/aromatic N) is 4.